The Bertz CT molecular complexity index is 1590. The Morgan fingerprint density at radius 2 is 1.07 bits per heavy atom. The number of carbonyl (C=O) groups excluding carboxylic acids is 1. The molecular weight excluding hydrogens is 598 g/mol. The van der Waals surface area contributed by atoms with Crippen LogP contribution in [0.2, 0.25) is 0 Å². The highest BCUT2D eigenvalue weighted by molar-refractivity contribution is 7.11. The zero-order valence-corrected chi connectivity index (χ0v) is 26.2. The van der Waals surface area contributed by atoms with Gasteiger partial charge in [0.2, 0.25) is 5.78 Å². The first-order chi connectivity index (χ1) is 22.7. The van der Waals surface area contributed by atoms with Gasteiger partial charge in [-0.2, -0.15) is 0 Å². The topological polar surface area (TPSA) is 76.1 Å². The summed E-state index contributed by atoms with van der Waals surface area (Å²) in [5.41, 5.74) is 4.02. The molecule has 1 aliphatic heterocycles. The Morgan fingerprint density at radius 3 is 1.54 bits per heavy atom. The fraction of sp³-hybridized carbons (Fsp3) is 0.263. The second-order valence-corrected chi connectivity index (χ2v) is 12.0. The molecule has 1 aliphatic rings. The smallest absolute Gasteiger partial charge is 0.222 e. The van der Waals surface area contributed by atoms with Crippen LogP contribution < -0.4 is 0 Å². The van der Waals surface area contributed by atoms with Crippen LogP contribution in [-0.4, -0.2) is 47.9 Å². The number of thiazole rings is 1. The van der Waals surface area contributed by atoms with Gasteiger partial charge in [-0.05, 0) is 22.3 Å². The second kappa shape index (κ2) is 16.5. The van der Waals surface area contributed by atoms with Gasteiger partial charge in [0.25, 0.3) is 0 Å². The predicted molar refractivity (Wildman–Crippen MR) is 176 cm³/mol. The minimum atomic E-state index is -0.988. The zero-order valence-electron chi connectivity index (χ0n) is 25.4. The van der Waals surface area contributed by atoms with Gasteiger partial charge in [-0.3, -0.25) is 4.79 Å². The van der Waals surface area contributed by atoms with Gasteiger partial charge in [0, 0.05) is 11.6 Å². The first kappa shape index (κ1) is 31.9. The van der Waals surface area contributed by atoms with Gasteiger partial charge >= 0.3 is 0 Å². The third-order valence-electron chi connectivity index (χ3n) is 7.78. The number of carbonyl (C=O) groups is 1. The third kappa shape index (κ3) is 8.61. The Labute approximate surface area is 273 Å². The maximum Gasteiger partial charge on any atom is 0.222 e. The molecule has 0 saturated carbocycles. The number of ketones is 1. The lowest BCUT2D eigenvalue weighted by molar-refractivity contribution is -0.261. The maximum absolute atomic E-state index is 14.0. The van der Waals surface area contributed by atoms with Crippen molar-refractivity contribution in [3.8, 4) is 0 Å². The van der Waals surface area contributed by atoms with Crippen LogP contribution in [0.1, 0.15) is 32.1 Å². The largest absolute Gasteiger partial charge is 0.374 e. The highest BCUT2D eigenvalue weighted by Gasteiger charge is 2.51. The molecule has 0 unspecified atom stereocenters. The number of ether oxygens (including phenoxy) is 5. The zero-order chi connectivity index (χ0) is 31.4. The Morgan fingerprint density at radius 1 is 0.609 bits per heavy atom. The van der Waals surface area contributed by atoms with Gasteiger partial charge in [-0.25, -0.2) is 4.98 Å². The molecule has 0 aliphatic carbocycles. The lowest BCUT2D eigenvalue weighted by Crippen LogP contribution is -2.63. The lowest BCUT2D eigenvalue weighted by atomic mass is 9.92. The molecule has 1 aromatic heterocycles. The highest BCUT2D eigenvalue weighted by Crippen LogP contribution is 2.33. The molecule has 0 N–H and O–H groups in total. The van der Waals surface area contributed by atoms with E-state index in [-0.39, 0.29) is 19.0 Å². The summed E-state index contributed by atoms with van der Waals surface area (Å²) in [6, 6.07) is 39.7. The minimum absolute atomic E-state index is 0.187. The van der Waals surface area contributed by atoms with Gasteiger partial charge in [-0.15, -0.1) is 11.3 Å². The molecule has 0 spiro atoms. The van der Waals surface area contributed by atoms with Crippen molar-refractivity contribution in [1.29, 1.82) is 0 Å². The standard InChI is InChI=1S/C38H37NO6S/c40-33(38-39-21-22-46-38)35-37(44-26-31-19-11-4-12-20-31)36(43-25-30-17-9-3-10-18-30)34(42-24-29-15-7-2-8-16-29)32(45-35)27-41-23-28-13-5-1-6-14-28/h1-22,32,34-37H,23-27H2/t32-,34-,35+,36+,37+/m1/s1. The third-order valence-corrected chi connectivity index (χ3v) is 8.57. The molecule has 4 aromatic carbocycles. The van der Waals surface area contributed by atoms with Gasteiger partial charge < -0.3 is 23.7 Å². The summed E-state index contributed by atoms with van der Waals surface area (Å²) >= 11 is 1.28. The van der Waals surface area contributed by atoms with E-state index in [1.165, 1.54) is 11.3 Å². The van der Waals surface area contributed by atoms with Crippen molar-refractivity contribution in [2.24, 2.45) is 0 Å². The number of nitrogens with zero attached hydrogens (tertiary/aromatic N) is 1. The summed E-state index contributed by atoms with van der Waals surface area (Å²) in [5.74, 6) is -0.254. The summed E-state index contributed by atoms with van der Waals surface area (Å²) in [6.45, 7) is 1.47. The van der Waals surface area contributed by atoms with Crippen LogP contribution in [-0.2, 0) is 50.1 Å². The van der Waals surface area contributed by atoms with Crippen molar-refractivity contribution in [3.63, 3.8) is 0 Å². The van der Waals surface area contributed by atoms with Gasteiger partial charge in [0.15, 0.2) is 11.1 Å². The van der Waals surface area contributed by atoms with Crippen molar-refractivity contribution in [1.82, 2.24) is 4.98 Å². The summed E-state index contributed by atoms with van der Waals surface area (Å²) < 4.78 is 32.8. The molecule has 0 amide bonds. The number of Topliss-reactive ketones (excluding diaryl/α,β-unsaturated/α-hetero) is 1. The first-order valence-corrected chi connectivity index (χ1v) is 16.3. The molecule has 1 fully saturated rings. The average molecular weight is 636 g/mol. The molecule has 236 valence electrons. The van der Waals surface area contributed by atoms with Crippen molar-refractivity contribution in [3.05, 3.63) is 160 Å². The van der Waals surface area contributed by atoms with Crippen LogP contribution in [0, 0.1) is 0 Å². The number of aromatic nitrogens is 1. The Kier molecular flexibility index (Phi) is 11.5. The van der Waals surface area contributed by atoms with E-state index in [9.17, 15) is 4.79 Å². The highest BCUT2D eigenvalue weighted by atomic mass is 32.1. The van der Waals surface area contributed by atoms with Crippen LogP contribution in [0.4, 0.5) is 0 Å². The number of rotatable bonds is 15. The maximum atomic E-state index is 14.0. The monoisotopic (exact) mass is 635 g/mol. The summed E-state index contributed by atoms with van der Waals surface area (Å²) in [6.07, 6.45) is -2.06. The molecule has 2 heterocycles. The fourth-order valence-corrected chi connectivity index (χ4v) is 6.07. The molecule has 0 radical (unpaired) electrons. The first-order valence-electron chi connectivity index (χ1n) is 15.4. The van der Waals surface area contributed by atoms with Crippen molar-refractivity contribution in [2.45, 2.75) is 56.9 Å². The van der Waals surface area contributed by atoms with E-state index < -0.39 is 30.5 Å². The summed E-state index contributed by atoms with van der Waals surface area (Å²) in [7, 11) is 0. The molecular formula is C38H37NO6S. The molecule has 7 nitrogen and oxygen atoms in total. The molecule has 5 atom stereocenters. The van der Waals surface area contributed by atoms with E-state index in [1.54, 1.807) is 11.6 Å². The van der Waals surface area contributed by atoms with Crippen LogP contribution >= 0.6 is 11.3 Å². The van der Waals surface area contributed by atoms with Gasteiger partial charge in [0.05, 0.1) is 33.0 Å². The lowest BCUT2D eigenvalue weighted by Gasteiger charge is -2.45. The SMILES string of the molecule is O=C(c1nccs1)[C@@H]1O[C@H](COCc2ccccc2)[C@@H](OCc2ccccc2)[C@H](OCc2ccccc2)[C@H]1OCc1ccccc1. The van der Waals surface area contributed by atoms with Crippen molar-refractivity contribution >= 4 is 17.1 Å². The summed E-state index contributed by atoms with van der Waals surface area (Å²) in [5, 5.41) is 2.14. The molecule has 0 bridgehead atoms. The molecule has 1 saturated heterocycles. The van der Waals surface area contributed by atoms with E-state index in [0.29, 0.717) is 24.8 Å². The van der Waals surface area contributed by atoms with Crippen LogP contribution in [0.3, 0.4) is 0 Å². The van der Waals surface area contributed by atoms with E-state index >= 15 is 0 Å². The van der Waals surface area contributed by atoms with Crippen LogP contribution in [0.25, 0.3) is 0 Å². The quantitative estimate of drug-likeness (QED) is 0.114. The number of hydrogen-bond donors (Lipinski definition) is 0. The second-order valence-electron chi connectivity index (χ2n) is 11.1. The van der Waals surface area contributed by atoms with E-state index in [0.717, 1.165) is 22.3 Å². The predicted octanol–water partition coefficient (Wildman–Crippen LogP) is 7.07. The molecule has 6 rings (SSSR count). The minimum Gasteiger partial charge on any atom is -0.374 e. The normalized spacial score (nSPS) is 21.2. The van der Waals surface area contributed by atoms with E-state index in [4.69, 9.17) is 23.7 Å². The van der Waals surface area contributed by atoms with Crippen LogP contribution in [0.5, 0.6) is 0 Å². The molecule has 8 heteroatoms. The number of hydrogen-bond acceptors (Lipinski definition) is 8. The molecule has 5 aromatic rings. The van der Waals surface area contributed by atoms with Crippen molar-refractivity contribution < 1.29 is 28.5 Å². The van der Waals surface area contributed by atoms with Gasteiger partial charge in [0.1, 0.15) is 24.4 Å². The summed E-state index contributed by atoms with van der Waals surface area (Å²) in [4.78, 5) is 18.3. The van der Waals surface area contributed by atoms with Gasteiger partial charge in [-0.1, -0.05) is 121 Å². The van der Waals surface area contributed by atoms with E-state index in [2.05, 4.69) is 4.98 Å². The van der Waals surface area contributed by atoms with E-state index in [1.807, 2.05) is 121 Å². The Hall–Kier alpha value is -4.02. The van der Waals surface area contributed by atoms with Crippen molar-refractivity contribution in [2.75, 3.05) is 6.61 Å². The molecule has 46 heavy (non-hydrogen) atoms. The van der Waals surface area contributed by atoms with Crippen LogP contribution in [0.15, 0.2) is 133 Å². The Balaban J connectivity index is 1.33. The number of benzene rings is 4. The fourth-order valence-electron chi connectivity index (χ4n) is 5.47. The average Bonchev–Trinajstić information content (AvgIpc) is 3.66.